The van der Waals surface area contributed by atoms with Crippen molar-refractivity contribution < 1.29 is 13.6 Å². The van der Waals surface area contributed by atoms with Crippen molar-refractivity contribution in [2.75, 3.05) is 0 Å². The highest BCUT2D eigenvalue weighted by atomic mass is 35.5. The van der Waals surface area contributed by atoms with E-state index < -0.39 is 23.0 Å². The molecule has 4 heteroatoms. The molecule has 0 bridgehead atoms. The van der Waals surface area contributed by atoms with Crippen LogP contribution in [-0.2, 0) is 0 Å². The summed E-state index contributed by atoms with van der Waals surface area (Å²) < 4.78 is 26.6. The molecule has 87 valence electrons. The Hall–Kier alpha value is -0.960. The molecule has 1 rings (SSSR count). The van der Waals surface area contributed by atoms with Gasteiger partial charge in [-0.05, 0) is 24.5 Å². The predicted molar refractivity (Wildman–Crippen MR) is 59.5 cm³/mol. The van der Waals surface area contributed by atoms with Gasteiger partial charge in [-0.3, -0.25) is 4.79 Å². The molecule has 1 aromatic rings. The van der Waals surface area contributed by atoms with Crippen LogP contribution in [0.3, 0.4) is 0 Å². The van der Waals surface area contributed by atoms with Crippen LogP contribution in [0.4, 0.5) is 8.78 Å². The zero-order valence-electron chi connectivity index (χ0n) is 9.06. The first-order valence-electron chi connectivity index (χ1n) is 4.94. The van der Waals surface area contributed by atoms with Crippen LogP contribution in [0.25, 0.3) is 0 Å². The molecule has 0 heterocycles. The Morgan fingerprint density at radius 1 is 1.38 bits per heavy atom. The normalized spacial score (nSPS) is 10.9. The average molecular weight is 246 g/mol. The minimum absolute atomic E-state index is 0.0598. The Morgan fingerprint density at radius 2 is 1.88 bits per heavy atom. The fourth-order valence-electron chi connectivity index (χ4n) is 1.22. The lowest BCUT2D eigenvalue weighted by Gasteiger charge is -2.06. The van der Waals surface area contributed by atoms with E-state index in [1.807, 2.05) is 13.8 Å². The van der Waals surface area contributed by atoms with Crippen molar-refractivity contribution in [3.05, 3.63) is 40.8 Å². The van der Waals surface area contributed by atoms with Crippen LogP contribution in [0.15, 0.2) is 12.1 Å². The number of rotatable bonds is 4. The van der Waals surface area contributed by atoms with Gasteiger partial charge in [-0.15, -0.1) is 0 Å². The molecule has 0 spiro atoms. The first-order chi connectivity index (χ1) is 7.41. The van der Waals surface area contributed by atoms with Crippen molar-refractivity contribution in [1.29, 1.82) is 0 Å². The number of benzene rings is 1. The van der Waals surface area contributed by atoms with Crippen LogP contribution in [-0.4, -0.2) is 5.78 Å². The number of carbonyl (C=O) groups is 1. The summed E-state index contributed by atoms with van der Waals surface area (Å²) in [5.74, 6) is -2.22. The first-order valence-corrected chi connectivity index (χ1v) is 5.31. The third-order valence-corrected chi connectivity index (χ3v) is 2.25. The Kier molecular flexibility index (Phi) is 4.42. The highest BCUT2D eigenvalue weighted by molar-refractivity contribution is 6.30. The van der Waals surface area contributed by atoms with Crippen LogP contribution >= 0.6 is 11.6 Å². The summed E-state index contributed by atoms with van der Waals surface area (Å²) in [5, 5.41) is -0.0598. The molecule has 1 aromatic carbocycles. The van der Waals surface area contributed by atoms with E-state index in [-0.39, 0.29) is 10.9 Å². The number of hydrogen-bond donors (Lipinski definition) is 0. The minimum Gasteiger partial charge on any atom is -0.294 e. The van der Waals surface area contributed by atoms with Crippen molar-refractivity contribution >= 4 is 17.4 Å². The average Bonchev–Trinajstić information content (AvgIpc) is 2.12. The van der Waals surface area contributed by atoms with Crippen LogP contribution < -0.4 is 0 Å². The Morgan fingerprint density at radius 3 is 2.31 bits per heavy atom. The molecule has 0 aromatic heterocycles. The molecule has 0 saturated carbocycles. The lowest BCUT2D eigenvalue weighted by Crippen LogP contribution is -2.08. The van der Waals surface area contributed by atoms with E-state index >= 15 is 0 Å². The number of Topliss-reactive ketones (excluding diaryl/α,β-unsaturated/α-hetero) is 1. The van der Waals surface area contributed by atoms with Gasteiger partial charge < -0.3 is 0 Å². The highest BCUT2D eigenvalue weighted by Crippen LogP contribution is 2.21. The van der Waals surface area contributed by atoms with Crippen LogP contribution in [0, 0.1) is 24.0 Å². The van der Waals surface area contributed by atoms with Crippen LogP contribution in [0.1, 0.15) is 30.6 Å². The Bertz CT molecular complexity index is 379. The highest BCUT2D eigenvalue weighted by Gasteiger charge is 2.18. The van der Waals surface area contributed by atoms with E-state index in [4.69, 9.17) is 11.6 Å². The van der Waals surface area contributed by atoms with Crippen molar-refractivity contribution in [2.24, 2.45) is 5.92 Å². The van der Waals surface area contributed by atoms with Crippen LogP contribution in [0.5, 0.6) is 0 Å². The summed E-state index contributed by atoms with van der Waals surface area (Å²) in [4.78, 5) is 11.5. The van der Waals surface area contributed by atoms with Crippen molar-refractivity contribution in [3.63, 3.8) is 0 Å². The van der Waals surface area contributed by atoms with E-state index in [2.05, 4.69) is 0 Å². The summed E-state index contributed by atoms with van der Waals surface area (Å²) in [6.07, 6.45) is 1.78. The predicted octanol–water partition coefficient (Wildman–Crippen LogP) is 4.05. The van der Waals surface area contributed by atoms with Gasteiger partial charge in [0.1, 0.15) is 11.6 Å². The first kappa shape index (κ1) is 13.1. The molecular weight excluding hydrogens is 234 g/mol. The topological polar surface area (TPSA) is 17.1 Å². The zero-order valence-corrected chi connectivity index (χ0v) is 9.81. The maximum absolute atomic E-state index is 13.3. The molecule has 1 nitrogen and oxygen atoms in total. The second-order valence-electron chi connectivity index (χ2n) is 3.94. The van der Waals surface area contributed by atoms with Gasteiger partial charge in [-0.1, -0.05) is 25.4 Å². The van der Waals surface area contributed by atoms with E-state index in [1.54, 1.807) is 0 Å². The standard InChI is InChI=1S/C12H12ClF2O/c1-7(2)3-4-11(16)12-9(14)5-8(13)6-10(12)15/h4-7H,3H2,1-2H3. The Labute approximate surface area is 98.4 Å². The maximum Gasteiger partial charge on any atom is 0.172 e. The maximum atomic E-state index is 13.3. The van der Waals surface area contributed by atoms with Gasteiger partial charge in [0.15, 0.2) is 5.78 Å². The molecule has 0 fully saturated rings. The molecule has 0 unspecified atom stereocenters. The molecular formula is C12H12ClF2O. The largest absolute Gasteiger partial charge is 0.294 e. The van der Waals surface area contributed by atoms with Crippen molar-refractivity contribution in [3.8, 4) is 0 Å². The molecule has 1 radical (unpaired) electrons. The molecule has 16 heavy (non-hydrogen) atoms. The summed E-state index contributed by atoms with van der Waals surface area (Å²) in [7, 11) is 0. The van der Waals surface area contributed by atoms with Crippen molar-refractivity contribution in [2.45, 2.75) is 20.3 Å². The monoisotopic (exact) mass is 245 g/mol. The molecule has 0 amide bonds. The summed E-state index contributed by atoms with van der Waals surface area (Å²) in [6, 6.07) is 1.86. The molecule has 0 aliphatic rings. The van der Waals surface area contributed by atoms with Gasteiger partial charge in [0, 0.05) is 11.4 Å². The van der Waals surface area contributed by atoms with Gasteiger partial charge in [-0.25, -0.2) is 8.78 Å². The molecule has 0 atom stereocenters. The second kappa shape index (κ2) is 5.39. The van der Waals surface area contributed by atoms with E-state index in [0.29, 0.717) is 6.42 Å². The fourth-order valence-corrected chi connectivity index (χ4v) is 1.41. The summed E-state index contributed by atoms with van der Waals surface area (Å²) in [5.41, 5.74) is -0.537. The minimum atomic E-state index is -0.921. The fraction of sp³-hybridized carbons (Fsp3) is 0.333. The van der Waals surface area contributed by atoms with E-state index in [1.165, 1.54) is 6.42 Å². The smallest absolute Gasteiger partial charge is 0.172 e. The van der Waals surface area contributed by atoms with E-state index in [0.717, 1.165) is 12.1 Å². The quantitative estimate of drug-likeness (QED) is 0.732. The molecule has 0 aliphatic carbocycles. The number of carbonyl (C=O) groups excluding carboxylic acids is 1. The number of ketones is 1. The Balaban J connectivity index is 2.91. The van der Waals surface area contributed by atoms with Gasteiger partial charge in [0.25, 0.3) is 0 Å². The van der Waals surface area contributed by atoms with Crippen LogP contribution in [0.2, 0.25) is 5.02 Å². The SMILES string of the molecule is CC(C)C[CH]C(=O)c1c(F)cc(Cl)cc1F. The second-order valence-corrected chi connectivity index (χ2v) is 4.38. The summed E-state index contributed by atoms with van der Waals surface area (Å²) >= 11 is 5.45. The molecule has 0 N–H and O–H groups in total. The van der Waals surface area contributed by atoms with Crippen molar-refractivity contribution in [1.82, 2.24) is 0 Å². The van der Waals surface area contributed by atoms with Gasteiger partial charge >= 0.3 is 0 Å². The van der Waals surface area contributed by atoms with Gasteiger partial charge in [0.05, 0.1) is 5.56 Å². The van der Waals surface area contributed by atoms with E-state index in [9.17, 15) is 13.6 Å². The zero-order chi connectivity index (χ0) is 12.3. The number of hydrogen-bond acceptors (Lipinski definition) is 1. The number of halogens is 3. The lowest BCUT2D eigenvalue weighted by atomic mass is 10.0. The molecule has 0 aliphatic heterocycles. The molecule has 0 saturated heterocycles. The summed E-state index contributed by atoms with van der Waals surface area (Å²) in [6.45, 7) is 3.83. The lowest BCUT2D eigenvalue weighted by molar-refractivity contribution is 0.101. The third kappa shape index (κ3) is 3.27. The van der Waals surface area contributed by atoms with Gasteiger partial charge in [0.2, 0.25) is 0 Å². The van der Waals surface area contributed by atoms with Gasteiger partial charge in [-0.2, -0.15) is 0 Å². The third-order valence-electron chi connectivity index (χ3n) is 2.03.